The highest BCUT2D eigenvalue weighted by Gasteiger charge is 2.19. The minimum atomic E-state index is -0.995. The molecule has 21 heavy (non-hydrogen) atoms. The number of carbonyl (C=O) groups excluding carboxylic acids is 2. The first kappa shape index (κ1) is 15.0. The third-order valence-electron chi connectivity index (χ3n) is 2.86. The number of aryl methyl sites for hydroxylation is 1. The second-order valence-electron chi connectivity index (χ2n) is 4.26. The van der Waals surface area contributed by atoms with Gasteiger partial charge in [0.2, 0.25) is 5.91 Å². The SMILES string of the molecule is Cn1c(=O)c2nc(Br)n(CC(=O)NC(N)=O)c2n(C)c1=O. The molecule has 0 bridgehead atoms. The van der Waals surface area contributed by atoms with Gasteiger partial charge in [-0.3, -0.25) is 28.6 Å². The Morgan fingerprint density at radius 3 is 2.48 bits per heavy atom. The number of urea groups is 1. The molecule has 3 amide bonds. The number of fused-ring (bicyclic) bond motifs is 1. The van der Waals surface area contributed by atoms with Gasteiger partial charge in [0.25, 0.3) is 5.56 Å². The fraction of sp³-hybridized carbons (Fsp3) is 0.300. The van der Waals surface area contributed by atoms with E-state index in [1.165, 1.54) is 23.2 Å². The molecular weight excluding hydrogens is 348 g/mol. The number of amides is 3. The summed E-state index contributed by atoms with van der Waals surface area (Å²) in [7, 11) is 2.78. The van der Waals surface area contributed by atoms with E-state index >= 15 is 0 Å². The maximum atomic E-state index is 12.0. The van der Waals surface area contributed by atoms with Gasteiger partial charge in [-0.25, -0.2) is 14.6 Å². The van der Waals surface area contributed by atoms with Crippen molar-refractivity contribution in [1.29, 1.82) is 0 Å². The summed E-state index contributed by atoms with van der Waals surface area (Å²) < 4.78 is 3.56. The number of imidazole rings is 1. The first-order valence-corrected chi connectivity index (χ1v) is 6.44. The van der Waals surface area contributed by atoms with Gasteiger partial charge in [-0.1, -0.05) is 0 Å². The van der Waals surface area contributed by atoms with Crippen LogP contribution in [0.25, 0.3) is 11.2 Å². The van der Waals surface area contributed by atoms with Crippen LogP contribution in [0.2, 0.25) is 0 Å². The Hall–Kier alpha value is -2.43. The molecule has 0 aromatic carbocycles. The van der Waals surface area contributed by atoms with Crippen LogP contribution in [-0.4, -0.2) is 30.6 Å². The van der Waals surface area contributed by atoms with Crippen LogP contribution in [0.5, 0.6) is 0 Å². The van der Waals surface area contributed by atoms with Gasteiger partial charge in [-0.05, 0) is 15.9 Å². The average molecular weight is 359 g/mol. The van der Waals surface area contributed by atoms with E-state index in [0.29, 0.717) is 0 Å². The molecule has 11 heteroatoms. The molecule has 0 aliphatic rings. The fourth-order valence-electron chi connectivity index (χ4n) is 1.92. The third kappa shape index (κ3) is 2.46. The lowest BCUT2D eigenvalue weighted by Gasteiger charge is -2.08. The first-order chi connectivity index (χ1) is 9.73. The number of aromatic nitrogens is 4. The van der Waals surface area contributed by atoms with Gasteiger partial charge in [-0.2, -0.15) is 0 Å². The van der Waals surface area contributed by atoms with E-state index in [2.05, 4.69) is 20.9 Å². The van der Waals surface area contributed by atoms with E-state index in [9.17, 15) is 19.2 Å². The van der Waals surface area contributed by atoms with Crippen LogP contribution >= 0.6 is 15.9 Å². The summed E-state index contributed by atoms with van der Waals surface area (Å²) in [5.74, 6) is -0.698. The molecule has 0 radical (unpaired) electrons. The van der Waals surface area contributed by atoms with Gasteiger partial charge in [-0.15, -0.1) is 0 Å². The Morgan fingerprint density at radius 2 is 1.90 bits per heavy atom. The predicted molar refractivity (Wildman–Crippen MR) is 75.6 cm³/mol. The highest BCUT2D eigenvalue weighted by Crippen LogP contribution is 2.16. The van der Waals surface area contributed by atoms with Crippen LogP contribution in [0.15, 0.2) is 14.3 Å². The standard InChI is InChI=1S/C10H11BrN6O4/c1-15-6-5(7(19)16(2)10(15)21)14-8(11)17(6)3-4(18)13-9(12)20/h3H2,1-2H3,(H3,12,13,18,20). The fourth-order valence-corrected chi connectivity index (χ4v) is 2.39. The van der Waals surface area contributed by atoms with Gasteiger partial charge < -0.3 is 5.73 Å². The number of nitrogens with two attached hydrogens (primary N) is 1. The smallest absolute Gasteiger partial charge is 0.332 e. The molecule has 2 heterocycles. The average Bonchev–Trinajstić information content (AvgIpc) is 2.70. The van der Waals surface area contributed by atoms with Crippen LogP contribution in [0, 0.1) is 0 Å². The largest absolute Gasteiger partial charge is 0.351 e. The van der Waals surface area contributed by atoms with Crippen molar-refractivity contribution in [2.45, 2.75) is 6.54 Å². The molecule has 0 aliphatic heterocycles. The number of hydrogen-bond donors (Lipinski definition) is 2. The molecule has 0 fully saturated rings. The molecule has 2 aromatic rings. The summed E-state index contributed by atoms with van der Waals surface area (Å²) >= 11 is 3.11. The quantitative estimate of drug-likeness (QED) is 0.623. The van der Waals surface area contributed by atoms with Crippen LogP contribution in [0.3, 0.4) is 0 Å². The Bertz CT molecular complexity index is 876. The van der Waals surface area contributed by atoms with Crippen molar-refractivity contribution < 1.29 is 9.59 Å². The van der Waals surface area contributed by atoms with Gasteiger partial charge in [0, 0.05) is 14.1 Å². The van der Waals surface area contributed by atoms with Gasteiger partial charge in [0.1, 0.15) is 6.54 Å². The highest BCUT2D eigenvalue weighted by molar-refractivity contribution is 9.10. The molecule has 0 unspecified atom stereocenters. The molecule has 0 saturated heterocycles. The second kappa shape index (κ2) is 5.16. The number of hydrogen-bond acceptors (Lipinski definition) is 5. The third-order valence-corrected chi connectivity index (χ3v) is 3.46. The Kier molecular flexibility index (Phi) is 3.68. The topological polar surface area (TPSA) is 134 Å². The van der Waals surface area contributed by atoms with E-state index in [-0.39, 0.29) is 22.4 Å². The zero-order valence-corrected chi connectivity index (χ0v) is 12.7. The lowest BCUT2D eigenvalue weighted by atomic mass is 10.5. The number of nitrogens with zero attached hydrogens (tertiary/aromatic N) is 4. The maximum absolute atomic E-state index is 12.0. The molecule has 3 N–H and O–H groups in total. The van der Waals surface area contributed by atoms with Crippen molar-refractivity contribution >= 4 is 39.0 Å². The van der Waals surface area contributed by atoms with Crippen LogP contribution in [0.4, 0.5) is 4.79 Å². The Morgan fingerprint density at radius 1 is 1.29 bits per heavy atom. The molecule has 2 aromatic heterocycles. The highest BCUT2D eigenvalue weighted by atomic mass is 79.9. The molecular formula is C10H11BrN6O4. The summed E-state index contributed by atoms with van der Waals surface area (Å²) in [5.41, 5.74) is 3.90. The predicted octanol–water partition coefficient (Wildman–Crippen LogP) is -1.61. The van der Waals surface area contributed by atoms with Crippen molar-refractivity contribution in [1.82, 2.24) is 24.0 Å². The molecule has 0 atom stereocenters. The van der Waals surface area contributed by atoms with Crippen LogP contribution in [0.1, 0.15) is 0 Å². The van der Waals surface area contributed by atoms with Gasteiger partial charge in [0.15, 0.2) is 15.9 Å². The van der Waals surface area contributed by atoms with E-state index < -0.39 is 23.2 Å². The zero-order chi connectivity index (χ0) is 15.9. The number of nitrogens with one attached hydrogen (secondary N) is 1. The van der Waals surface area contributed by atoms with Crippen LogP contribution < -0.4 is 22.3 Å². The maximum Gasteiger partial charge on any atom is 0.332 e. The molecule has 2 rings (SSSR count). The van der Waals surface area contributed by atoms with Crippen molar-refractivity contribution in [3.8, 4) is 0 Å². The van der Waals surface area contributed by atoms with Crippen molar-refractivity contribution in [2.75, 3.05) is 0 Å². The number of primary amides is 1. The number of imide groups is 1. The Balaban J connectivity index is 2.68. The van der Waals surface area contributed by atoms with Gasteiger partial charge >= 0.3 is 11.7 Å². The Labute approximate surface area is 125 Å². The number of carbonyl (C=O) groups is 2. The monoisotopic (exact) mass is 358 g/mol. The summed E-state index contributed by atoms with van der Waals surface area (Å²) in [6, 6.07) is -0.995. The minimum Gasteiger partial charge on any atom is -0.351 e. The number of halogens is 1. The van der Waals surface area contributed by atoms with E-state index in [4.69, 9.17) is 5.73 Å². The van der Waals surface area contributed by atoms with Crippen LogP contribution in [-0.2, 0) is 25.4 Å². The van der Waals surface area contributed by atoms with Crippen molar-refractivity contribution in [2.24, 2.45) is 19.8 Å². The summed E-state index contributed by atoms with van der Waals surface area (Å²) in [4.78, 5) is 50.2. The number of rotatable bonds is 2. The zero-order valence-electron chi connectivity index (χ0n) is 11.1. The lowest BCUT2D eigenvalue weighted by Crippen LogP contribution is -2.39. The molecule has 10 nitrogen and oxygen atoms in total. The molecule has 112 valence electrons. The first-order valence-electron chi connectivity index (χ1n) is 5.65. The van der Waals surface area contributed by atoms with Crippen molar-refractivity contribution in [3.05, 3.63) is 25.6 Å². The van der Waals surface area contributed by atoms with E-state index in [0.717, 1.165) is 4.57 Å². The molecule has 0 spiro atoms. The molecule has 0 aliphatic carbocycles. The summed E-state index contributed by atoms with van der Waals surface area (Å²) in [5, 5.41) is 1.89. The minimum absolute atomic E-state index is 0.0263. The summed E-state index contributed by atoms with van der Waals surface area (Å²) in [6.07, 6.45) is 0. The molecule has 0 saturated carbocycles. The van der Waals surface area contributed by atoms with Gasteiger partial charge in [0.05, 0.1) is 0 Å². The van der Waals surface area contributed by atoms with E-state index in [1.54, 1.807) is 0 Å². The van der Waals surface area contributed by atoms with E-state index in [1.807, 2.05) is 5.32 Å². The normalized spacial score (nSPS) is 10.8. The van der Waals surface area contributed by atoms with Crippen molar-refractivity contribution in [3.63, 3.8) is 0 Å². The second-order valence-corrected chi connectivity index (χ2v) is 4.97. The lowest BCUT2D eigenvalue weighted by molar-refractivity contribution is -0.120. The summed E-state index contributed by atoms with van der Waals surface area (Å²) in [6.45, 7) is -0.333.